The maximum absolute atomic E-state index is 12.1. The first-order valence-corrected chi connectivity index (χ1v) is 10.2. The molecule has 5 rings (SSSR count). The van der Waals surface area contributed by atoms with Gasteiger partial charge in [-0.05, 0) is 25.6 Å². The van der Waals surface area contributed by atoms with Crippen molar-refractivity contribution in [1.29, 1.82) is 0 Å². The third kappa shape index (κ3) is 5.78. The summed E-state index contributed by atoms with van der Waals surface area (Å²) in [4.78, 5) is 2.48. The Labute approximate surface area is 196 Å². The zero-order valence-corrected chi connectivity index (χ0v) is 18.7. The van der Waals surface area contributed by atoms with Crippen LogP contribution >= 0.6 is 0 Å². The van der Waals surface area contributed by atoms with E-state index in [2.05, 4.69) is 34.6 Å². The summed E-state index contributed by atoms with van der Waals surface area (Å²) in [5, 5.41) is 3.71. The normalized spacial score (nSPS) is 20.8. The van der Waals surface area contributed by atoms with Crippen molar-refractivity contribution in [1.82, 2.24) is 14.7 Å². The second-order valence-corrected chi connectivity index (χ2v) is 7.59. The van der Waals surface area contributed by atoms with E-state index in [9.17, 15) is 13.2 Å². The van der Waals surface area contributed by atoms with Gasteiger partial charge in [-0.1, -0.05) is 12.1 Å². The van der Waals surface area contributed by atoms with Gasteiger partial charge in [0.2, 0.25) is 0 Å². The van der Waals surface area contributed by atoms with Crippen LogP contribution in [0.3, 0.4) is 0 Å². The van der Waals surface area contributed by atoms with E-state index in [4.69, 9.17) is 9.47 Å². The molecular formula is C23H24F3MnN3O2. The van der Waals surface area contributed by atoms with Crippen LogP contribution in [0.15, 0.2) is 48.7 Å². The molecule has 2 aliphatic heterocycles. The molecular weight excluding hydrogens is 462 g/mol. The maximum atomic E-state index is 12.1. The Morgan fingerprint density at radius 3 is 2.78 bits per heavy atom. The van der Waals surface area contributed by atoms with Crippen LogP contribution in [-0.2, 0) is 28.1 Å². The van der Waals surface area contributed by atoms with Crippen LogP contribution in [0.4, 0.5) is 13.2 Å². The first-order valence-electron chi connectivity index (χ1n) is 10.2. The van der Waals surface area contributed by atoms with Gasteiger partial charge in [-0.3, -0.25) is 0 Å². The number of para-hydroxylation sites is 1. The predicted molar refractivity (Wildman–Crippen MR) is 111 cm³/mol. The predicted octanol–water partition coefficient (Wildman–Crippen LogP) is 4.42. The third-order valence-corrected chi connectivity index (χ3v) is 5.50. The van der Waals surface area contributed by atoms with E-state index >= 15 is 0 Å². The molecule has 0 saturated carbocycles. The maximum Gasteiger partial charge on any atom is 2.00 e. The number of halogens is 3. The molecule has 2 atom stereocenters. The second kappa shape index (κ2) is 10.6. The van der Waals surface area contributed by atoms with Gasteiger partial charge in [0, 0.05) is 31.0 Å². The molecule has 0 N–H and O–H groups in total. The minimum atomic E-state index is -4.45. The van der Waals surface area contributed by atoms with Gasteiger partial charge in [0.15, 0.2) is 0 Å². The molecule has 0 amide bonds. The van der Waals surface area contributed by atoms with Crippen molar-refractivity contribution in [2.45, 2.75) is 31.3 Å². The summed E-state index contributed by atoms with van der Waals surface area (Å²) >= 11 is 0. The number of alkyl halides is 3. The number of hydrogen-bond donors (Lipinski definition) is 0. The van der Waals surface area contributed by atoms with Gasteiger partial charge in [-0.2, -0.15) is 12.5 Å². The summed E-state index contributed by atoms with van der Waals surface area (Å²) in [6.07, 6.45) is 1.56. The summed E-state index contributed by atoms with van der Waals surface area (Å²) in [5.41, 5.74) is 1.51. The topological polar surface area (TPSA) is 39.5 Å². The van der Waals surface area contributed by atoms with Gasteiger partial charge >= 0.3 is 23.4 Å². The number of piperidine rings is 1. The van der Waals surface area contributed by atoms with E-state index in [0.29, 0.717) is 23.0 Å². The number of ether oxygens (including phenoxy) is 2. The van der Waals surface area contributed by atoms with E-state index < -0.39 is 6.30 Å². The quantitative estimate of drug-likeness (QED) is 0.397. The fourth-order valence-corrected chi connectivity index (χ4v) is 3.88. The number of likely N-dealkylation sites (tertiary alicyclic amines) is 1. The summed E-state index contributed by atoms with van der Waals surface area (Å²) < 4.78 is 47.6. The summed E-state index contributed by atoms with van der Waals surface area (Å²) in [5.74, 6) is 1.01. The van der Waals surface area contributed by atoms with Crippen molar-refractivity contribution in [3.8, 4) is 5.75 Å². The second-order valence-electron chi connectivity index (χ2n) is 7.59. The van der Waals surface area contributed by atoms with Crippen LogP contribution in [0.5, 0.6) is 5.75 Å². The number of aromatic nitrogens is 2. The van der Waals surface area contributed by atoms with Crippen molar-refractivity contribution >= 4 is 10.9 Å². The molecule has 32 heavy (non-hydrogen) atoms. The van der Waals surface area contributed by atoms with Crippen LogP contribution in [0.2, 0.25) is 0 Å². The molecule has 2 aromatic carbocycles. The molecule has 5 nitrogen and oxygen atoms in total. The van der Waals surface area contributed by atoms with Crippen molar-refractivity contribution < 1.29 is 39.7 Å². The van der Waals surface area contributed by atoms with Gasteiger partial charge in [-0.15, -0.1) is 54.5 Å². The molecule has 1 saturated heterocycles. The Balaban J connectivity index is 0.000000184. The number of nitrogens with zero attached hydrogens (tertiary/aromatic N) is 3. The minimum Gasteiger partial charge on any atom is -0.550 e. The Morgan fingerprint density at radius 1 is 1.22 bits per heavy atom. The fraction of sp³-hybridized carbons (Fsp3) is 0.391. The van der Waals surface area contributed by atoms with Gasteiger partial charge < -0.3 is 14.4 Å². The van der Waals surface area contributed by atoms with Crippen molar-refractivity contribution in [3.05, 3.63) is 66.7 Å². The summed E-state index contributed by atoms with van der Waals surface area (Å²) in [6.45, 7) is 2.92. The zero-order chi connectivity index (χ0) is 21.8. The number of rotatable bonds is 2. The summed E-state index contributed by atoms with van der Waals surface area (Å²) in [6, 6.07) is 15.9. The molecule has 0 aliphatic carbocycles. The molecule has 1 radical (unpaired) electrons. The number of methoxy groups -OCH3 is 1. The van der Waals surface area contributed by atoms with Gasteiger partial charge in [0.1, 0.15) is 0 Å². The van der Waals surface area contributed by atoms with Crippen molar-refractivity contribution in [3.63, 3.8) is 0 Å². The van der Waals surface area contributed by atoms with Crippen LogP contribution < -0.4 is 4.74 Å². The van der Waals surface area contributed by atoms with E-state index in [1.165, 1.54) is 24.5 Å². The molecule has 3 heterocycles. The molecule has 2 unspecified atom stereocenters. The Bertz CT molecular complexity index is 978. The van der Waals surface area contributed by atoms with Crippen LogP contribution in [-0.4, -0.2) is 53.6 Å². The minimum absolute atomic E-state index is 0. The molecule has 3 aromatic rings. The van der Waals surface area contributed by atoms with Crippen LogP contribution in [0, 0.1) is 12.5 Å². The van der Waals surface area contributed by atoms with Crippen LogP contribution in [0.1, 0.15) is 18.4 Å². The number of hydrogen-bond acceptors (Lipinski definition) is 4. The average molecular weight is 486 g/mol. The first-order chi connectivity index (χ1) is 14.9. The third-order valence-electron chi connectivity index (χ3n) is 5.50. The average Bonchev–Trinajstić information content (AvgIpc) is 3.24. The monoisotopic (exact) mass is 486 g/mol. The largest absolute Gasteiger partial charge is 2.00 e. The molecule has 171 valence electrons. The SMILES string of the molecule is COC1CCCN(C2[CH-]c3ccccc3OC2)C1.FC(F)(F)n1cc2[c-]cccc2n1.[Mn+2]. The number of benzene rings is 2. The van der Waals surface area contributed by atoms with E-state index in [0.717, 1.165) is 31.6 Å². The molecule has 1 aromatic heterocycles. The fourth-order valence-electron chi connectivity index (χ4n) is 3.88. The van der Waals surface area contributed by atoms with Gasteiger partial charge in [0.05, 0.1) is 12.7 Å². The van der Waals surface area contributed by atoms with Crippen molar-refractivity contribution in [2.24, 2.45) is 0 Å². The standard InChI is InChI=1S/C15H20NO2.C8H4F3N2.Mn/c1-17-14-6-4-8-16(10-14)13-9-12-5-2-3-7-15(12)18-11-13;9-8(10,11)13-5-6-3-1-2-4-7(6)12-13;/h2-3,5,7,9,13-14H,4,6,8,10-11H2,1H3;1-2,4-5H;/q2*-1;+2. The molecule has 1 fully saturated rings. The Kier molecular flexibility index (Phi) is 8.11. The first kappa shape index (κ1) is 24.5. The molecule has 0 spiro atoms. The van der Waals surface area contributed by atoms with E-state index in [1.54, 1.807) is 12.1 Å². The smallest absolute Gasteiger partial charge is 0.550 e. The molecule has 2 aliphatic rings. The van der Waals surface area contributed by atoms with Crippen molar-refractivity contribution in [2.75, 3.05) is 26.8 Å². The molecule has 9 heteroatoms. The summed E-state index contributed by atoms with van der Waals surface area (Å²) in [7, 11) is 1.81. The number of fused-ring (bicyclic) bond motifs is 2. The van der Waals surface area contributed by atoms with Crippen LogP contribution in [0.25, 0.3) is 10.9 Å². The zero-order valence-electron chi connectivity index (χ0n) is 17.6. The Hall–Kier alpha value is -2.19. The van der Waals surface area contributed by atoms with Gasteiger partial charge in [-0.25, -0.2) is 9.78 Å². The molecule has 0 bridgehead atoms. The van der Waals surface area contributed by atoms with E-state index in [1.807, 2.05) is 19.2 Å². The Morgan fingerprint density at radius 2 is 2.03 bits per heavy atom. The van der Waals surface area contributed by atoms with E-state index in [-0.39, 0.29) is 21.8 Å². The van der Waals surface area contributed by atoms with Gasteiger partial charge in [0.25, 0.3) is 0 Å².